The molecule has 110 valence electrons. The maximum absolute atomic E-state index is 11.8. The molecule has 0 aromatic heterocycles. The Hall–Kier alpha value is -3.15. The number of esters is 1. The molecule has 2 aromatic carbocycles. The molecule has 0 aliphatic carbocycles. The summed E-state index contributed by atoms with van der Waals surface area (Å²) in [5, 5.41) is 11.0. The van der Waals surface area contributed by atoms with Gasteiger partial charge in [0.2, 0.25) is 0 Å². The van der Waals surface area contributed by atoms with Gasteiger partial charge in [-0.05, 0) is 23.8 Å². The van der Waals surface area contributed by atoms with E-state index in [2.05, 4.69) is 0 Å². The van der Waals surface area contributed by atoms with Crippen LogP contribution in [0.4, 0.5) is 5.69 Å². The summed E-state index contributed by atoms with van der Waals surface area (Å²) in [6.07, 6.45) is 1.59. The smallest absolute Gasteiger partial charge is 0.344 e. The number of hydrogen-bond donors (Lipinski definition) is 0. The molecular weight excluding hydrogens is 286 g/mol. The Balaban J connectivity index is 2.05. The van der Waals surface area contributed by atoms with E-state index in [9.17, 15) is 14.9 Å². The van der Waals surface area contributed by atoms with E-state index in [4.69, 9.17) is 9.47 Å². The standard InChI is InChI=1S/C16H11NO5/c1-21-14-7-6-10(8-13(14)17(19)20)9-15-11-4-2-3-5-12(11)16(18)22-15/h2-9H,1H3/b15-9+. The van der Waals surface area contributed by atoms with Crippen LogP contribution >= 0.6 is 0 Å². The maximum atomic E-state index is 11.8. The van der Waals surface area contributed by atoms with Crippen LogP contribution in [0.1, 0.15) is 21.5 Å². The molecule has 22 heavy (non-hydrogen) atoms. The Kier molecular flexibility index (Phi) is 3.34. The van der Waals surface area contributed by atoms with Gasteiger partial charge in [0.25, 0.3) is 0 Å². The first-order valence-electron chi connectivity index (χ1n) is 6.46. The molecule has 6 heteroatoms. The van der Waals surface area contributed by atoms with Crippen LogP contribution in [0, 0.1) is 10.1 Å². The van der Waals surface area contributed by atoms with Gasteiger partial charge in [0, 0.05) is 11.6 Å². The van der Waals surface area contributed by atoms with Crippen molar-refractivity contribution < 1.29 is 19.2 Å². The van der Waals surface area contributed by atoms with E-state index in [0.717, 1.165) is 0 Å². The highest BCUT2D eigenvalue weighted by atomic mass is 16.6. The molecule has 1 aliphatic heterocycles. The number of carbonyl (C=O) groups is 1. The number of benzene rings is 2. The van der Waals surface area contributed by atoms with E-state index < -0.39 is 10.9 Å². The van der Waals surface area contributed by atoms with Gasteiger partial charge in [-0.2, -0.15) is 0 Å². The van der Waals surface area contributed by atoms with E-state index in [0.29, 0.717) is 22.4 Å². The summed E-state index contributed by atoms with van der Waals surface area (Å²) in [7, 11) is 1.37. The van der Waals surface area contributed by atoms with Crippen LogP contribution in [0.3, 0.4) is 0 Å². The van der Waals surface area contributed by atoms with Gasteiger partial charge in [-0.3, -0.25) is 10.1 Å². The van der Waals surface area contributed by atoms with Crippen LogP contribution in [0.15, 0.2) is 42.5 Å². The fraction of sp³-hybridized carbons (Fsp3) is 0.0625. The molecule has 0 bridgehead atoms. The molecule has 0 spiro atoms. The number of rotatable bonds is 3. The molecule has 0 radical (unpaired) electrons. The van der Waals surface area contributed by atoms with Crippen LogP contribution in [0.2, 0.25) is 0 Å². The van der Waals surface area contributed by atoms with Gasteiger partial charge in [-0.25, -0.2) is 4.79 Å². The van der Waals surface area contributed by atoms with Crippen LogP contribution in [-0.2, 0) is 4.74 Å². The van der Waals surface area contributed by atoms with Crippen LogP contribution < -0.4 is 4.74 Å². The van der Waals surface area contributed by atoms with Crippen molar-refractivity contribution in [2.45, 2.75) is 0 Å². The highest BCUT2D eigenvalue weighted by molar-refractivity contribution is 6.05. The molecule has 0 amide bonds. The summed E-state index contributed by atoms with van der Waals surface area (Å²) in [5.74, 6) is 0.126. The van der Waals surface area contributed by atoms with Gasteiger partial charge < -0.3 is 9.47 Å². The largest absolute Gasteiger partial charge is 0.490 e. The Morgan fingerprint density at radius 2 is 1.91 bits per heavy atom. The van der Waals surface area contributed by atoms with E-state index in [1.807, 2.05) is 0 Å². The summed E-state index contributed by atoms with van der Waals surface area (Å²) in [6, 6.07) is 11.5. The van der Waals surface area contributed by atoms with Gasteiger partial charge in [0.15, 0.2) is 5.75 Å². The second-order valence-electron chi connectivity index (χ2n) is 4.63. The van der Waals surface area contributed by atoms with Crippen LogP contribution in [0.5, 0.6) is 5.75 Å². The highest BCUT2D eigenvalue weighted by Gasteiger charge is 2.26. The number of methoxy groups -OCH3 is 1. The summed E-state index contributed by atoms with van der Waals surface area (Å²) < 4.78 is 10.2. The maximum Gasteiger partial charge on any atom is 0.344 e. The van der Waals surface area contributed by atoms with Crippen molar-refractivity contribution in [3.8, 4) is 5.75 Å². The number of ether oxygens (including phenoxy) is 2. The topological polar surface area (TPSA) is 78.7 Å². The number of nitro groups is 1. The molecule has 6 nitrogen and oxygen atoms in total. The minimum atomic E-state index is -0.518. The molecular formula is C16H11NO5. The lowest BCUT2D eigenvalue weighted by Crippen LogP contribution is -1.94. The average Bonchev–Trinajstić information content (AvgIpc) is 2.84. The molecule has 1 heterocycles. The third kappa shape index (κ3) is 2.31. The Morgan fingerprint density at radius 3 is 2.59 bits per heavy atom. The third-order valence-corrected chi connectivity index (χ3v) is 3.31. The number of nitrogens with zero attached hydrogens (tertiary/aromatic N) is 1. The number of hydrogen-bond acceptors (Lipinski definition) is 5. The first kappa shape index (κ1) is 13.8. The number of nitro benzene ring substituents is 1. The van der Waals surface area contributed by atoms with Crippen molar-refractivity contribution in [2.24, 2.45) is 0 Å². The van der Waals surface area contributed by atoms with E-state index in [1.54, 1.807) is 36.4 Å². The van der Waals surface area contributed by atoms with Crippen molar-refractivity contribution >= 4 is 23.5 Å². The van der Waals surface area contributed by atoms with E-state index >= 15 is 0 Å². The quantitative estimate of drug-likeness (QED) is 0.493. The molecule has 3 rings (SSSR count). The van der Waals surface area contributed by atoms with Crippen molar-refractivity contribution in [3.63, 3.8) is 0 Å². The first-order chi connectivity index (χ1) is 10.6. The van der Waals surface area contributed by atoms with Crippen molar-refractivity contribution in [1.29, 1.82) is 0 Å². The van der Waals surface area contributed by atoms with Crippen LogP contribution in [0.25, 0.3) is 11.8 Å². The molecule has 0 saturated heterocycles. The lowest BCUT2D eigenvalue weighted by Gasteiger charge is -2.03. The van der Waals surface area contributed by atoms with Gasteiger partial charge >= 0.3 is 11.7 Å². The molecule has 0 saturated carbocycles. The van der Waals surface area contributed by atoms with Gasteiger partial charge in [-0.15, -0.1) is 0 Å². The molecule has 0 atom stereocenters. The highest BCUT2D eigenvalue weighted by Crippen LogP contribution is 2.33. The van der Waals surface area contributed by atoms with E-state index in [-0.39, 0.29) is 11.4 Å². The predicted molar refractivity (Wildman–Crippen MR) is 79.4 cm³/mol. The third-order valence-electron chi connectivity index (χ3n) is 3.31. The second kappa shape index (κ2) is 5.33. The first-order valence-corrected chi connectivity index (χ1v) is 6.46. The Morgan fingerprint density at radius 1 is 1.18 bits per heavy atom. The Labute approximate surface area is 125 Å². The lowest BCUT2D eigenvalue weighted by atomic mass is 10.1. The average molecular weight is 297 g/mol. The van der Waals surface area contributed by atoms with E-state index in [1.165, 1.54) is 19.2 Å². The summed E-state index contributed by atoms with van der Waals surface area (Å²) >= 11 is 0. The fourth-order valence-electron chi connectivity index (χ4n) is 2.28. The normalized spacial score (nSPS) is 14.6. The molecule has 0 fully saturated rings. The zero-order valence-electron chi connectivity index (χ0n) is 11.6. The number of cyclic esters (lactones) is 1. The zero-order chi connectivity index (χ0) is 15.7. The van der Waals surface area contributed by atoms with Gasteiger partial charge in [-0.1, -0.05) is 24.3 Å². The summed E-state index contributed by atoms with van der Waals surface area (Å²) in [6.45, 7) is 0. The zero-order valence-corrected chi connectivity index (χ0v) is 11.6. The SMILES string of the molecule is COc1ccc(/C=C2/OC(=O)c3ccccc32)cc1[N+](=O)[O-]. The molecule has 1 aliphatic rings. The summed E-state index contributed by atoms with van der Waals surface area (Å²) in [4.78, 5) is 22.3. The predicted octanol–water partition coefficient (Wildman–Crippen LogP) is 3.27. The number of fused-ring (bicyclic) bond motifs is 1. The second-order valence-corrected chi connectivity index (χ2v) is 4.63. The van der Waals surface area contributed by atoms with Crippen molar-refractivity contribution in [3.05, 3.63) is 69.3 Å². The van der Waals surface area contributed by atoms with Gasteiger partial charge in [0.05, 0.1) is 17.6 Å². The molecule has 0 N–H and O–H groups in total. The van der Waals surface area contributed by atoms with Crippen molar-refractivity contribution in [1.82, 2.24) is 0 Å². The van der Waals surface area contributed by atoms with Crippen LogP contribution in [-0.4, -0.2) is 18.0 Å². The summed E-state index contributed by atoms with van der Waals surface area (Å²) in [5.41, 5.74) is 1.56. The molecule has 2 aromatic rings. The molecule has 0 unspecified atom stereocenters. The monoisotopic (exact) mass is 297 g/mol. The minimum absolute atomic E-state index is 0.144. The lowest BCUT2D eigenvalue weighted by molar-refractivity contribution is -0.385. The number of carbonyl (C=O) groups excluding carboxylic acids is 1. The van der Waals surface area contributed by atoms with Crippen molar-refractivity contribution in [2.75, 3.05) is 7.11 Å². The minimum Gasteiger partial charge on any atom is -0.490 e. The van der Waals surface area contributed by atoms with Gasteiger partial charge in [0.1, 0.15) is 5.76 Å². The fourth-order valence-corrected chi connectivity index (χ4v) is 2.28. The Bertz CT molecular complexity index is 810.